The fourth-order valence-electron chi connectivity index (χ4n) is 0.143. The quantitative estimate of drug-likeness (QED) is 0.359. The van der Waals surface area contributed by atoms with Crippen LogP contribution in [0, 0.1) is 0 Å². The molecule has 10 heavy (non-hydrogen) atoms. The van der Waals surface area contributed by atoms with E-state index >= 15 is 0 Å². The minimum atomic E-state index is -1.26. The van der Waals surface area contributed by atoms with Crippen LogP contribution in [-0.4, -0.2) is 59.9 Å². The zero-order chi connectivity index (χ0) is 6.57. The van der Waals surface area contributed by atoms with Gasteiger partial charge in [0.1, 0.15) is 0 Å². The average molecular weight is 198 g/mol. The van der Waals surface area contributed by atoms with Crippen LogP contribution in [0.3, 0.4) is 0 Å². The van der Waals surface area contributed by atoms with E-state index in [2.05, 4.69) is 0 Å². The molecule has 0 amide bonds. The summed E-state index contributed by atoms with van der Waals surface area (Å²) in [6.45, 7) is 0. The molecule has 0 aliphatic heterocycles. The molecule has 0 aliphatic rings. The standard InChI is InChI=1S/C4H4O4.Ca.K.3H/c5-3(6)1-2-4(7)8;;;;;/h1-2H,(H,5,6)(H,7,8);;;;;/q;+2;+1;3*-1/b2-1-;;;;;. The van der Waals surface area contributed by atoms with Crippen LogP contribution in [0.5, 0.6) is 0 Å². The maximum Gasteiger partial charge on any atom is 2.00 e. The van der Waals surface area contributed by atoms with Crippen LogP contribution in [-0.2, 0) is 9.59 Å². The van der Waals surface area contributed by atoms with Crippen molar-refractivity contribution < 1.29 is 75.5 Å². The summed E-state index contributed by atoms with van der Waals surface area (Å²) >= 11 is 0. The number of aliphatic carboxylic acids is 2. The van der Waals surface area contributed by atoms with E-state index in [9.17, 15) is 9.59 Å². The van der Waals surface area contributed by atoms with Gasteiger partial charge in [0.05, 0.1) is 0 Å². The van der Waals surface area contributed by atoms with Crippen molar-refractivity contribution in [2.24, 2.45) is 0 Å². The average Bonchev–Trinajstić information content (AvgIpc) is 1.61. The van der Waals surface area contributed by atoms with Gasteiger partial charge in [-0.25, -0.2) is 9.59 Å². The van der Waals surface area contributed by atoms with Gasteiger partial charge in [-0.2, -0.15) is 0 Å². The molecule has 0 aromatic heterocycles. The van der Waals surface area contributed by atoms with Crippen LogP contribution in [0.4, 0.5) is 0 Å². The molecule has 0 aliphatic carbocycles. The fourth-order valence-corrected chi connectivity index (χ4v) is 0.143. The first-order valence-electron chi connectivity index (χ1n) is 1.77. The molecule has 50 valence electrons. The van der Waals surface area contributed by atoms with Crippen molar-refractivity contribution in [1.82, 2.24) is 0 Å². The number of carbonyl (C=O) groups is 2. The largest absolute Gasteiger partial charge is 2.00 e. The predicted molar refractivity (Wildman–Crippen MR) is 33.5 cm³/mol. The maximum absolute atomic E-state index is 9.55. The third kappa shape index (κ3) is 16.3. The molecule has 0 atom stereocenters. The Kier molecular flexibility index (Phi) is 18.6. The number of carboxylic acids is 2. The molecular weight excluding hydrogens is 191 g/mol. The van der Waals surface area contributed by atoms with Gasteiger partial charge < -0.3 is 14.5 Å². The topological polar surface area (TPSA) is 74.6 Å². The molecule has 0 aromatic carbocycles. The summed E-state index contributed by atoms with van der Waals surface area (Å²) < 4.78 is 0. The van der Waals surface area contributed by atoms with Gasteiger partial charge in [0.2, 0.25) is 0 Å². The Morgan fingerprint density at radius 1 is 1.10 bits per heavy atom. The van der Waals surface area contributed by atoms with E-state index in [1.165, 1.54) is 0 Å². The number of carboxylic acid groups (broad SMARTS) is 2. The first-order chi connectivity index (χ1) is 3.63. The third-order valence-corrected chi connectivity index (χ3v) is 0.368. The molecule has 6 heteroatoms. The van der Waals surface area contributed by atoms with Crippen molar-refractivity contribution in [1.29, 1.82) is 0 Å². The molecule has 0 rings (SSSR count). The SMILES string of the molecule is O=C(O)/C=C\C(=O)O.[Ca+2].[H-].[H-].[H-].[K+]. The summed E-state index contributed by atoms with van der Waals surface area (Å²) in [5.74, 6) is -2.51. The van der Waals surface area contributed by atoms with Crippen molar-refractivity contribution >= 4 is 49.7 Å². The Labute approximate surface area is 135 Å². The van der Waals surface area contributed by atoms with Crippen LogP contribution >= 0.6 is 0 Å². The van der Waals surface area contributed by atoms with E-state index in [4.69, 9.17) is 10.2 Å². The summed E-state index contributed by atoms with van der Waals surface area (Å²) in [4.78, 5) is 19.1. The van der Waals surface area contributed by atoms with Gasteiger partial charge >= 0.3 is 101 Å². The van der Waals surface area contributed by atoms with Gasteiger partial charge in [-0.3, -0.25) is 0 Å². The summed E-state index contributed by atoms with van der Waals surface area (Å²) in [6, 6.07) is 0. The van der Waals surface area contributed by atoms with E-state index < -0.39 is 11.9 Å². The van der Waals surface area contributed by atoms with Gasteiger partial charge in [0.25, 0.3) is 0 Å². The van der Waals surface area contributed by atoms with E-state index in [0.717, 1.165) is 0 Å². The second-order valence-corrected chi connectivity index (χ2v) is 1.01. The molecule has 4 nitrogen and oxygen atoms in total. The third-order valence-electron chi connectivity index (χ3n) is 0.368. The van der Waals surface area contributed by atoms with Crippen molar-refractivity contribution in [2.45, 2.75) is 0 Å². The molecule has 0 saturated heterocycles. The molecule has 2 N–H and O–H groups in total. The Balaban J connectivity index is -0.0000000245. The summed E-state index contributed by atoms with van der Waals surface area (Å²) in [5.41, 5.74) is 0. The zero-order valence-electron chi connectivity index (χ0n) is 8.57. The van der Waals surface area contributed by atoms with Crippen molar-refractivity contribution in [3.8, 4) is 0 Å². The monoisotopic (exact) mass is 198 g/mol. The molecule has 0 radical (unpaired) electrons. The minimum absolute atomic E-state index is 0. The number of hydrogen-bond acceptors (Lipinski definition) is 2. The predicted octanol–water partition coefficient (Wildman–Crippen LogP) is -3.33. The summed E-state index contributed by atoms with van der Waals surface area (Å²) in [6.07, 6.45) is 1.12. The van der Waals surface area contributed by atoms with E-state index in [1.54, 1.807) is 0 Å². The Morgan fingerprint density at radius 3 is 1.40 bits per heavy atom. The van der Waals surface area contributed by atoms with Gasteiger partial charge in [-0.15, -0.1) is 0 Å². The molecule has 0 fully saturated rings. The normalized spacial score (nSPS) is 7.60. The van der Waals surface area contributed by atoms with Gasteiger partial charge in [0.15, 0.2) is 0 Å². The second kappa shape index (κ2) is 10.6. The minimum Gasteiger partial charge on any atom is -1.00 e. The molecule has 0 saturated carbocycles. The first-order valence-corrected chi connectivity index (χ1v) is 1.77. The Morgan fingerprint density at radius 2 is 1.30 bits per heavy atom. The molecule has 0 unspecified atom stereocenters. The molecule has 0 aromatic rings. The maximum atomic E-state index is 9.55. The van der Waals surface area contributed by atoms with Crippen LogP contribution in [0.1, 0.15) is 4.28 Å². The smallest absolute Gasteiger partial charge is 1.00 e. The summed E-state index contributed by atoms with van der Waals surface area (Å²) in [5, 5.41) is 15.6. The van der Waals surface area contributed by atoms with Crippen molar-refractivity contribution in [3.05, 3.63) is 12.2 Å². The van der Waals surface area contributed by atoms with Crippen LogP contribution in [0.25, 0.3) is 0 Å². The van der Waals surface area contributed by atoms with Gasteiger partial charge in [-0.05, 0) is 0 Å². The molecule has 0 heterocycles. The zero-order valence-corrected chi connectivity index (χ0v) is 10.9. The van der Waals surface area contributed by atoms with Crippen molar-refractivity contribution in [3.63, 3.8) is 0 Å². The van der Waals surface area contributed by atoms with Crippen molar-refractivity contribution in [2.75, 3.05) is 0 Å². The number of rotatable bonds is 2. The fraction of sp³-hybridized carbons (Fsp3) is 0. The van der Waals surface area contributed by atoms with Crippen LogP contribution < -0.4 is 51.4 Å². The van der Waals surface area contributed by atoms with Gasteiger partial charge in [0, 0.05) is 12.2 Å². The Hall–Kier alpha value is 1.58. The van der Waals surface area contributed by atoms with E-state index in [0.29, 0.717) is 12.2 Å². The Bertz CT molecular complexity index is 138. The van der Waals surface area contributed by atoms with Gasteiger partial charge in [-0.1, -0.05) is 0 Å². The first kappa shape index (κ1) is 17.6. The molecule has 0 bridgehead atoms. The second-order valence-electron chi connectivity index (χ2n) is 1.01. The van der Waals surface area contributed by atoms with Crippen LogP contribution in [0.2, 0.25) is 0 Å². The molecular formula is C4H7CaKO4. The molecule has 0 spiro atoms. The summed E-state index contributed by atoms with van der Waals surface area (Å²) in [7, 11) is 0. The van der Waals surface area contributed by atoms with E-state index in [-0.39, 0.29) is 93.4 Å². The number of hydrogen-bond donors (Lipinski definition) is 2. The van der Waals surface area contributed by atoms with E-state index in [1.807, 2.05) is 0 Å². The van der Waals surface area contributed by atoms with Crippen LogP contribution in [0.15, 0.2) is 12.2 Å².